The van der Waals surface area contributed by atoms with E-state index in [-0.39, 0.29) is 0 Å². The molecule has 1 aromatic heterocycles. The van der Waals surface area contributed by atoms with Gasteiger partial charge >= 0.3 is 0 Å². The molecule has 0 atom stereocenters. The van der Waals surface area contributed by atoms with Crippen LogP contribution in [0.3, 0.4) is 0 Å². The van der Waals surface area contributed by atoms with Gasteiger partial charge in [0.2, 0.25) is 0 Å². The average molecular weight is 765 g/mol. The topological polar surface area (TPSA) is 8.17 Å². The Balaban J connectivity index is 1.07. The van der Waals surface area contributed by atoms with Gasteiger partial charge in [-0.2, -0.15) is 0 Å². The van der Waals surface area contributed by atoms with Gasteiger partial charge in [0.05, 0.1) is 16.7 Å². The molecular formula is C58H40N2. The summed E-state index contributed by atoms with van der Waals surface area (Å²) in [4.78, 5) is 2.38. The van der Waals surface area contributed by atoms with Crippen molar-refractivity contribution in [3.8, 4) is 50.2 Å². The molecule has 11 aromatic rings. The molecule has 0 aliphatic carbocycles. The van der Waals surface area contributed by atoms with E-state index in [1.165, 1.54) is 71.6 Å². The van der Waals surface area contributed by atoms with Gasteiger partial charge in [0.1, 0.15) is 0 Å². The number of aromatic nitrogens is 1. The van der Waals surface area contributed by atoms with Crippen LogP contribution in [0.1, 0.15) is 0 Å². The maximum atomic E-state index is 2.47. The van der Waals surface area contributed by atoms with Crippen LogP contribution in [0.2, 0.25) is 0 Å². The number of anilines is 3. The van der Waals surface area contributed by atoms with E-state index in [0.717, 1.165) is 28.3 Å². The van der Waals surface area contributed by atoms with Crippen molar-refractivity contribution in [1.82, 2.24) is 4.57 Å². The molecule has 0 radical (unpaired) electrons. The Kier molecular flexibility index (Phi) is 8.87. The minimum absolute atomic E-state index is 1.09. The van der Waals surface area contributed by atoms with Crippen LogP contribution >= 0.6 is 0 Å². The molecule has 2 nitrogen and oxygen atoms in total. The van der Waals surface area contributed by atoms with Crippen molar-refractivity contribution in [1.29, 1.82) is 0 Å². The highest BCUT2D eigenvalue weighted by Crippen LogP contribution is 2.42. The molecule has 282 valence electrons. The third-order valence-electron chi connectivity index (χ3n) is 11.8. The monoisotopic (exact) mass is 764 g/mol. The van der Waals surface area contributed by atoms with E-state index >= 15 is 0 Å². The van der Waals surface area contributed by atoms with Crippen LogP contribution in [0.5, 0.6) is 0 Å². The van der Waals surface area contributed by atoms with Crippen molar-refractivity contribution in [3.05, 3.63) is 243 Å². The van der Waals surface area contributed by atoms with Crippen molar-refractivity contribution in [2.45, 2.75) is 0 Å². The Morgan fingerprint density at radius 3 is 1.20 bits per heavy atom. The summed E-state index contributed by atoms with van der Waals surface area (Å²) < 4.78 is 2.47. The number of hydrogen-bond acceptors (Lipinski definition) is 1. The number of para-hydroxylation sites is 1. The number of benzene rings is 10. The fourth-order valence-electron chi connectivity index (χ4n) is 8.87. The Morgan fingerprint density at radius 2 is 0.650 bits per heavy atom. The predicted molar refractivity (Wildman–Crippen MR) is 255 cm³/mol. The Bertz CT molecular complexity index is 3170. The number of fused-ring (bicyclic) bond motifs is 4. The molecule has 0 N–H and O–H groups in total. The first-order valence-electron chi connectivity index (χ1n) is 20.6. The molecule has 0 fully saturated rings. The maximum Gasteiger partial charge on any atom is 0.0562 e. The van der Waals surface area contributed by atoms with Gasteiger partial charge in [0.15, 0.2) is 0 Å². The lowest BCUT2D eigenvalue weighted by atomic mass is 9.95. The molecule has 0 bridgehead atoms. The van der Waals surface area contributed by atoms with Crippen LogP contribution in [0.25, 0.3) is 82.8 Å². The zero-order chi connectivity index (χ0) is 39.8. The van der Waals surface area contributed by atoms with Gasteiger partial charge in [-0.15, -0.1) is 0 Å². The minimum Gasteiger partial charge on any atom is -0.310 e. The van der Waals surface area contributed by atoms with E-state index < -0.39 is 0 Å². The number of hydrogen-bond donors (Lipinski definition) is 0. The zero-order valence-corrected chi connectivity index (χ0v) is 33.0. The minimum atomic E-state index is 1.09. The van der Waals surface area contributed by atoms with Crippen LogP contribution in [-0.4, -0.2) is 4.57 Å². The lowest BCUT2D eigenvalue weighted by Crippen LogP contribution is -2.10. The highest BCUT2D eigenvalue weighted by molar-refractivity contribution is 6.12. The highest BCUT2D eigenvalue weighted by Gasteiger charge is 2.20. The summed E-state index contributed by atoms with van der Waals surface area (Å²) in [5.41, 5.74) is 16.4. The van der Waals surface area contributed by atoms with E-state index in [9.17, 15) is 0 Å². The molecule has 11 rings (SSSR count). The van der Waals surface area contributed by atoms with Gasteiger partial charge < -0.3 is 9.47 Å². The van der Waals surface area contributed by atoms with Crippen molar-refractivity contribution in [2.75, 3.05) is 4.90 Å². The third-order valence-corrected chi connectivity index (χ3v) is 11.8. The molecule has 0 saturated heterocycles. The fourth-order valence-corrected chi connectivity index (χ4v) is 8.87. The molecular weight excluding hydrogens is 725 g/mol. The van der Waals surface area contributed by atoms with Gasteiger partial charge in [-0.05, 0) is 98.4 Å². The molecule has 0 aliphatic rings. The first-order chi connectivity index (χ1) is 29.8. The van der Waals surface area contributed by atoms with E-state index in [2.05, 4.69) is 252 Å². The Labute approximate surface area is 350 Å². The van der Waals surface area contributed by atoms with Crippen molar-refractivity contribution >= 4 is 49.6 Å². The first-order valence-corrected chi connectivity index (χ1v) is 20.6. The van der Waals surface area contributed by atoms with E-state index in [4.69, 9.17) is 0 Å². The standard InChI is InChI=1S/C58H40N2/c1-4-14-41(15-5-1)44-24-26-47(27-25-44)51-38-39-57(53-21-11-10-20-52(51)53)60-56-23-13-12-22-54(56)55-37-36-50(40-58(55)60)59(48-32-28-45(29-33-48)42-16-6-2-7-17-42)49-34-30-46(31-35-49)43-18-8-3-9-19-43/h1-40H. The first kappa shape index (κ1) is 35.2. The lowest BCUT2D eigenvalue weighted by molar-refractivity contribution is 1.19. The summed E-state index contributed by atoms with van der Waals surface area (Å²) in [6.07, 6.45) is 0. The van der Waals surface area contributed by atoms with Crippen LogP contribution in [0.4, 0.5) is 17.1 Å². The van der Waals surface area contributed by atoms with Gasteiger partial charge in [-0.25, -0.2) is 0 Å². The maximum absolute atomic E-state index is 2.47. The van der Waals surface area contributed by atoms with Crippen molar-refractivity contribution in [2.24, 2.45) is 0 Å². The Hall–Kier alpha value is -7.94. The van der Waals surface area contributed by atoms with Gasteiger partial charge in [0.25, 0.3) is 0 Å². The summed E-state index contributed by atoms with van der Waals surface area (Å²) >= 11 is 0. The smallest absolute Gasteiger partial charge is 0.0562 e. The van der Waals surface area contributed by atoms with Crippen molar-refractivity contribution < 1.29 is 0 Å². The summed E-state index contributed by atoms with van der Waals surface area (Å²) in [5, 5.41) is 4.88. The van der Waals surface area contributed by atoms with Crippen LogP contribution in [0, 0.1) is 0 Å². The number of rotatable bonds is 8. The molecule has 0 amide bonds. The van der Waals surface area contributed by atoms with E-state index in [1.807, 2.05) is 0 Å². The van der Waals surface area contributed by atoms with E-state index in [0.29, 0.717) is 0 Å². The second-order valence-electron chi connectivity index (χ2n) is 15.3. The van der Waals surface area contributed by atoms with Gasteiger partial charge in [0, 0.05) is 33.2 Å². The zero-order valence-electron chi connectivity index (χ0n) is 33.0. The normalized spacial score (nSPS) is 11.3. The van der Waals surface area contributed by atoms with Crippen LogP contribution in [-0.2, 0) is 0 Å². The van der Waals surface area contributed by atoms with Gasteiger partial charge in [-0.1, -0.05) is 194 Å². The molecule has 0 spiro atoms. The van der Waals surface area contributed by atoms with Crippen LogP contribution < -0.4 is 4.90 Å². The summed E-state index contributed by atoms with van der Waals surface area (Å²) in [7, 11) is 0. The molecule has 10 aromatic carbocycles. The largest absolute Gasteiger partial charge is 0.310 e. The highest BCUT2D eigenvalue weighted by atomic mass is 15.1. The summed E-state index contributed by atoms with van der Waals surface area (Å²) in [5.74, 6) is 0. The van der Waals surface area contributed by atoms with Gasteiger partial charge in [-0.3, -0.25) is 0 Å². The average Bonchev–Trinajstić information content (AvgIpc) is 3.66. The Morgan fingerprint density at radius 1 is 0.250 bits per heavy atom. The predicted octanol–water partition coefficient (Wildman–Crippen LogP) is 16.1. The second kappa shape index (κ2) is 15.1. The van der Waals surface area contributed by atoms with Crippen LogP contribution in [0.15, 0.2) is 243 Å². The SMILES string of the molecule is c1ccc(-c2ccc(-c3ccc(-n4c5ccccc5c5ccc(N(c6ccc(-c7ccccc7)cc6)c6ccc(-c7ccccc7)cc6)cc54)c4ccccc34)cc2)cc1. The second-order valence-corrected chi connectivity index (χ2v) is 15.3. The van der Waals surface area contributed by atoms with E-state index in [1.54, 1.807) is 0 Å². The molecule has 0 aliphatic heterocycles. The molecule has 0 saturated carbocycles. The molecule has 1 heterocycles. The fraction of sp³-hybridized carbons (Fsp3) is 0. The lowest BCUT2D eigenvalue weighted by Gasteiger charge is -2.26. The van der Waals surface area contributed by atoms with Crippen molar-refractivity contribution in [3.63, 3.8) is 0 Å². The summed E-state index contributed by atoms with van der Waals surface area (Å²) in [6.45, 7) is 0. The number of nitrogens with zero attached hydrogens (tertiary/aromatic N) is 2. The molecule has 60 heavy (non-hydrogen) atoms. The summed E-state index contributed by atoms with van der Waals surface area (Å²) in [6, 6.07) is 87.8. The molecule has 0 unspecified atom stereocenters. The quantitative estimate of drug-likeness (QED) is 0.150. The third kappa shape index (κ3) is 6.32. The molecule has 2 heteroatoms.